The fourth-order valence-corrected chi connectivity index (χ4v) is 2.55. The number of nitrogens with zero attached hydrogens (tertiary/aromatic N) is 1. The molecule has 0 amide bonds. The minimum atomic E-state index is 0.0431. The molecule has 1 fully saturated rings. The third kappa shape index (κ3) is 2.16. The van der Waals surface area contributed by atoms with Crippen molar-refractivity contribution < 1.29 is 14.6 Å². The van der Waals surface area contributed by atoms with Crippen LogP contribution in [0.1, 0.15) is 11.6 Å². The lowest BCUT2D eigenvalue weighted by Crippen LogP contribution is -2.46. The monoisotopic (exact) mass is 250 g/mol. The molecule has 5 nitrogen and oxygen atoms in total. The van der Waals surface area contributed by atoms with Gasteiger partial charge in [-0.2, -0.15) is 0 Å². The number of aliphatic hydroxyl groups is 1. The molecule has 0 spiro atoms. The molecule has 1 saturated heterocycles. The zero-order valence-corrected chi connectivity index (χ0v) is 10.3. The zero-order chi connectivity index (χ0) is 12.4. The van der Waals surface area contributed by atoms with Crippen molar-refractivity contribution in [1.29, 1.82) is 0 Å². The van der Waals surface area contributed by atoms with Gasteiger partial charge in [-0.1, -0.05) is 6.07 Å². The molecule has 0 radical (unpaired) electrons. The summed E-state index contributed by atoms with van der Waals surface area (Å²) in [7, 11) is 0. The Kier molecular flexibility index (Phi) is 3.36. The van der Waals surface area contributed by atoms with Crippen LogP contribution in [0.25, 0.3) is 0 Å². The average Bonchev–Trinajstić information content (AvgIpc) is 2.88. The molecule has 0 bridgehead atoms. The molecule has 2 aliphatic rings. The number of hydrogen-bond acceptors (Lipinski definition) is 5. The van der Waals surface area contributed by atoms with E-state index in [0.29, 0.717) is 0 Å². The second-order valence-corrected chi connectivity index (χ2v) is 4.60. The van der Waals surface area contributed by atoms with Crippen LogP contribution in [-0.4, -0.2) is 49.6 Å². The fourth-order valence-electron chi connectivity index (χ4n) is 2.55. The van der Waals surface area contributed by atoms with E-state index in [4.69, 9.17) is 9.47 Å². The Bertz CT molecular complexity index is 419. The van der Waals surface area contributed by atoms with Gasteiger partial charge in [0.15, 0.2) is 11.5 Å². The molecular weight excluding hydrogens is 232 g/mol. The molecule has 2 aliphatic heterocycles. The lowest BCUT2D eigenvalue weighted by molar-refractivity contribution is 0.110. The number of fused-ring (bicyclic) bond motifs is 1. The van der Waals surface area contributed by atoms with Crippen LogP contribution in [0.15, 0.2) is 18.2 Å². The van der Waals surface area contributed by atoms with Gasteiger partial charge < -0.3 is 19.9 Å². The van der Waals surface area contributed by atoms with Crippen molar-refractivity contribution >= 4 is 0 Å². The summed E-state index contributed by atoms with van der Waals surface area (Å²) >= 11 is 0. The van der Waals surface area contributed by atoms with Gasteiger partial charge in [0, 0.05) is 26.2 Å². The van der Waals surface area contributed by atoms with Gasteiger partial charge in [-0.3, -0.25) is 4.90 Å². The molecule has 3 rings (SSSR count). The molecule has 0 aromatic heterocycles. The van der Waals surface area contributed by atoms with Crippen LogP contribution in [0.5, 0.6) is 11.5 Å². The zero-order valence-electron chi connectivity index (χ0n) is 10.3. The van der Waals surface area contributed by atoms with E-state index in [0.717, 1.165) is 43.2 Å². The molecule has 5 heteroatoms. The second-order valence-electron chi connectivity index (χ2n) is 4.60. The van der Waals surface area contributed by atoms with E-state index in [1.54, 1.807) is 0 Å². The van der Waals surface area contributed by atoms with E-state index in [1.807, 2.05) is 18.2 Å². The van der Waals surface area contributed by atoms with Gasteiger partial charge >= 0.3 is 0 Å². The fraction of sp³-hybridized carbons (Fsp3) is 0.538. The van der Waals surface area contributed by atoms with Crippen LogP contribution in [0.2, 0.25) is 0 Å². The SMILES string of the molecule is OC[C@H](c1ccc2c(c1)OCO2)N1CCNCC1. The first-order chi connectivity index (χ1) is 8.88. The van der Waals surface area contributed by atoms with Gasteiger partial charge in [-0.15, -0.1) is 0 Å². The normalized spacial score (nSPS) is 20.9. The maximum atomic E-state index is 9.65. The largest absolute Gasteiger partial charge is 0.454 e. The van der Waals surface area contributed by atoms with Crippen LogP contribution in [0, 0.1) is 0 Å². The Morgan fingerprint density at radius 2 is 2.00 bits per heavy atom. The summed E-state index contributed by atoms with van der Waals surface area (Å²) in [4.78, 5) is 2.30. The maximum Gasteiger partial charge on any atom is 0.231 e. The predicted molar refractivity (Wildman–Crippen MR) is 66.8 cm³/mol. The third-order valence-corrected chi connectivity index (χ3v) is 3.55. The summed E-state index contributed by atoms with van der Waals surface area (Å²) in [6.45, 7) is 4.28. The van der Waals surface area contributed by atoms with E-state index in [1.165, 1.54) is 0 Å². The summed E-state index contributed by atoms with van der Waals surface area (Å²) in [6, 6.07) is 5.95. The van der Waals surface area contributed by atoms with Crippen LogP contribution >= 0.6 is 0 Å². The minimum absolute atomic E-state index is 0.0431. The smallest absolute Gasteiger partial charge is 0.231 e. The summed E-state index contributed by atoms with van der Waals surface area (Å²) in [5.74, 6) is 1.57. The van der Waals surface area contributed by atoms with Crippen molar-refractivity contribution in [3.05, 3.63) is 23.8 Å². The molecule has 0 aliphatic carbocycles. The van der Waals surface area contributed by atoms with Crippen LogP contribution in [0.3, 0.4) is 0 Å². The predicted octanol–water partition coefficient (Wildman–Crippen LogP) is 0.354. The van der Waals surface area contributed by atoms with Crippen LogP contribution < -0.4 is 14.8 Å². The minimum Gasteiger partial charge on any atom is -0.454 e. The highest BCUT2D eigenvalue weighted by atomic mass is 16.7. The van der Waals surface area contributed by atoms with E-state index in [-0.39, 0.29) is 19.4 Å². The molecule has 0 unspecified atom stereocenters. The summed E-state index contributed by atoms with van der Waals surface area (Å²) < 4.78 is 10.7. The standard InChI is InChI=1S/C13H18N2O3/c16-8-11(15-5-3-14-4-6-15)10-1-2-12-13(7-10)18-9-17-12/h1-2,7,11,14,16H,3-6,8-9H2/t11-/m1/s1. The number of ether oxygens (including phenoxy) is 2. The Balaban J connectivity index is 1.82. The highest BCUT2D eigenvalue weighted by Crippen LogP contribution is 2.35. The van der Waals surface area contributed by atoms with Crippen molar-refractivity contribution in [3.63, 3.8) is 0 Å². The first kappa shape index (κ1) is 11.8. The maximum absolute atomic E-state index is 9.65. The molecule has 1 atom stereocenters. The number of hydrogen-bond donors (Lipinski definition) is 2. The van der Waals surface area contributed by atoms with Gasteiger partial charge in [0.1, 0.15) is 0 Å². The topological polar surface area (TPSA) is 54.0 Å². The number of rotatable bonds is 3. The molecule has 1 aromatic rings. The van der Waals surface area contributed by atoms with Gasteiger partial charge in [0.2, 0.25) is 6.79 Å². The summed E-state index contributed by atoms with van der Waals surface area (Å²) in [6.07, 6.45) is 0. The van der Waals surface area contributed by atoms with Gasteiger partial charge in [-0.05, 0) is 17.7 Å². The van der Waals surface area contributed by atoms with Gasteiger partial charge in [0.05, 0.1) is 12.6 Å². The molecule has 2 heterocycles. The molecule has 18 heavy (non-hydrogen) atoms. The molecule has 2 N–H and O–H groups in total. The lowest BCUT2D eigenvalue weighted by atomic mass is 10.0. The van der Waals surface area contributed by atoms with Crippen molar-refractivity contribution in [3.8, 4) is 11.5 Å². The molecule has 0 saturated carbocycles. The van der Waals surface area contributed by atoms with Crippen molar-refractivity contribution in [2.45, 2.75) is 6.04 Å². The Hall–Kier alpha value is -1.30. The molecular formula is C13H18N2O3. The van der Waals surface area contributed by atoms with Crippen LogP contribution in [-0.2, 0) is 0 Å². The van der Waals surface area contributed by atoms with Crippen LogP contribution in [0.4, 0.5) is 0 Å². The van der Waals surface area contributed by atoms with E-state index < -0.39 is 0 Å². The number of benzene rings is 1. The third-order valence-electron chi connectivity index (χ3n) is 3.55. The van der Waals surface area contributed by atoms with Crippen molar-refractivity contribution in [2.75, 3.05) is 39.6 Å². The van der Waals surface area contributed by atoms with E-state index in [2.05, 4.69) is 10.2 Å². The first-order valence-electron chi connectivity index (χ1n) is 6.33. The second kappa shape index (κ2) is 5.14. The van der Waals surface area contributed by atoms with Gasteiger partial charge in [0.25, 0.3) is 0 Å². The highest BCUT2D eigenvalue weighted by molar-refractivity contribution is 5.45. The summed E-state index contributed by atoms with van der Waals surface area (Å²) in [5, 5.41) is 13.0. The molecule has 98 valence electrons. The lowest BCUT2D eigenvalue weighted by Gasteiger charge is -2.34. The number of piperazine rings is 1. The highest BCUT2D eigenvalue weighted by Gasteiger charge is 2.23. The Labute approximate surface area is 106 Å². The van der Waals surface area contributed by atoms with Crippen molar-refractivity contribution in [2.24, 2.45) is 0 Å². The average molecular weight is 250 g/mol. The van der Waals surface area contributed by atoms with Crippen molar-refractivity contribution in [1.82, 2.24) is 10.2 Å². The summed E-state index contributed by atoms with van der Waals surface area (Å²) in [5.41, 5.74) is 1.09. The number of nitrogens with one attached hydrogen (secondary N) is 1. The van der Waals surface area contributed by atoms with Gasteiger partial charge in [-0.25, -0.2) is 0 Å². The Morgan fingerprint density at radius 1 is 1.22 bits per heavy atom. The quantitative estimate of drug-likeness (QED) is 0.811. The van der Waals surface area contributed by atoms with E-state index >= 15 is 0 Å². The van der Waals surface area contributed by atoms with E-state index in [9.17, 15) is 5.11 Å². The first-order valence-corrected chi connectivity index (χ1v) is 6.33. The molecule has 1 aromatic carbocycles. The number of aliphatic hydroxyl groups excluding tert-OH is 1. The Morgan fingerprint density at radius 3 is 2.78 bits per heavy atom.